The number of rotatable bonds is 1. The molecule has 0 aromatic carbocycles. The number of carbonyl (C=O) groups excluding carboxylic acids is 1. The van der Waals surface area contributed by atoms with Crippen LogP contribution < -0.4 is 11.5 Å². The van der Waals surface area contributed by atoms with E-state index in [0.717, 1.165) is 32.1 Å². The van der Waals surface area contributed by atoms with Crippen LogP contribution in [0.25, 0.3) is 0 Å². The molecule has 0 heterocycles. The lowest BCUT2D eigenvalue weighted by Gasteiger charge is -2.34. The maximum absolute atomic E-state index is 11.6. The zero-order valence-corrected chi connectivity index (χ0v) is 10.5. The zero-order chi connectivity index (χ0) is 12.3. The Morgan fingerprint density at radius 1 is 1.06 bits per heavy atom. The number of fused-ring (bicyclic) bond motifs is 2. The van der Waals surface area contributed by atoms with E-state index in [2.05, 4.69) is 12.2 Å². The predicted octanol–water partition coefficient (Wildman–Crippen LogP) is 1.96. The summed E-state index contributed by atoms with van der Waals surface area (Å²) in [5.74, 6) is 0.890. The fourth-order valence-corrected chi connectivity index (χ4v) is 3.40. The van der Waals surface area contributed by atoms with E-state index in [0.29, 0.717) is 17.9 Å². The number of carbonyl (C=O) groups is 1. The molecular formula is C14H24N2O. The van der Waals surface area contributed by atoms with Crippen LogP contribution in [0, 0.1) is 17.8 Å². The molecule has 0 spiro atoms. The van der Waals surface area contributed by atoms with Gasteiger partial charge in [-0.2, -0.15) is 0 Å². The van der Waals surface area contributed by atoms with Gasteiger partial charge in [0.25, 0.3) is 0 Å². The summed E-state index contributed by atoms with van der Waals surface area (Å²) in [4.78, 5) is 11.6. The summed E-state index contributed by atoms with van der Waals surface area (Å²) in [7, 11) is 0. The molecule has 1 saturated carbocycles. The Morgan fingerprint density at radius 3 is 2.53 bits per heavy atom. The van der Waals surface area contributed by atoms with Crippen molar-refractivity contribution in [1.82, 2.24) is 0 Å². The van der Waals surface area contributed by atoms with Crippen LogP contribution in [0.1, 0.15) is 44.9 Å². The first-order valence-corrected chi connectivity index (χ1v) is 6.88. The molecule has 4 unspecified atom stereocenters. The standard InChI is InChI=1S/C14H24N2O/c15-13-8-4-2-5-10-9-11(13)6-1-3-7-12(10)14(16)17/h1,3,10-13H,2,4-9,15H2,(H2,16,17)/b3-1-. The Hall–Kier alpha value is -0.830. The first-order chi connectivity index (χ1) is 8.18. The maximum Gasteiger partial charge on any atom is 0.221 e. The third-order valence-electron chi connectivity index (χ3n) is 4.50. The van der Waals surface area contributed by atoms with E-state index in [1.165, 1.54) is 12.8 Å². The normalized spacial score (nSPS) is 40.5. The van der Waals surface area contributed by atoms with E-state index in [1.54, 1.807) is 0 Å². The summed E-state index contributed by atoms with van der Waals surface area (Å²) in [6.07, 6.45) is 12.0. The fourth-order valence-electron chi connectivity index (χ4n) is 3.40. The molecular weight excluding hydrogens is 212 g/mol. The maximum atomic E-state index is 11.6. The zero-order valence-electron chi connectivity index (χ0n) is 10.5. The minimum Gasteiger partial charge on any atom is -0.369 e. The molecule has 96 valence electrons. The molecule has 0 saturated heterocycles. The SMILES string of the molecule is NC(=O)C1C/C=C\CC2CC1CCCCC2N. The minimum absolute atomic E-state index is 0.0272. The first-order valence-electron chi connectivity index (χ1n) is 6.88. The summed E-state index contributed by atoms with van der Waals surface area (Å²) >= 11 is 0. The van der Waals surface area contributed by atoms with Gasteiger partial charge in [0.2, 0.25) is 5.91 Å². The molecule has 0 radical (unpaired) electrons. The molecule has 1 fully saturated rings. The molecule has 4 N–H and O–H groups in total. The number of hydrogen-bond acceptors (Lipinski definition) is 2. The topological polar surface area (TPSA) is 69.1 Å². The van der Waals surface area contributed by atoms with Crippen LogP contribution in [0.2, 0.25) is 0 Å². The van der Waals surface area contributed by atoms with Gasteiger partial charge in [0, 0.05) is 12.0 Å². The van der Waals surface area contributed by atoms with E-state index >= 15 is 0 Å². The predicted molar refractivity (Wildman–Crippen MR) is 69.1 cm³/mol. The highest BCUT2D eigenvalue weighted by Crippen LogP contribution is 2.35. The van der Waals surface area contributed by atoms with Crippen LogP contribution in [0.15, 0.2) is 12.2 Å². The first kappa shape index (κ1) is 12.6. The van der Waals surface area contributed by atoms with Crippen molar-refractivity contribution in [2.75, 3.05) is 0 Å². The van der Waals surface area contributed by atoms with Crippen molar-refractivity contribution in [1.29, 1.82) is 0 Å². The van der Waals surface area contributed by atoms with E-state index in [4.69, 9.17) is 11.5 Å². The van der Waals surface area contributed by atoms with Crippen LogP contribution in [-0.2, 0) is 4.79 Å². The summed E-state index contributed by atoms with van der Waals surface area (Å²) in [5.41, 5.74) is 11.8. The highest BCUT2D eigenvalue weighted by atomic mass is 16.1. The third kappa shape index (κ3) is 3.09. The second kappa shape index (κ2) is 5.67. The molecule has 2 aliphatic carbocycles. The lowest BCUT2D eigenvalue weighted by atomic mass is 9.72. The Morgan fingerprint density at radius 2 is 1.76 bits per heavy atom. The number of primary amides is 1. The number of nitrogens with two attached hydrogens (primary N) is 2. The average Bonchev–Trinajstić information content (AvgIpc) is 2.22. The van der Waals surface area contributed by atoms with Crippen molar-refractivity contribution >= 4 is 5.91 Å². The largest absolute Gasteiger partial charge is 0.369 e. The van der Waals surface area contributed by atoms with Crippen LogP contribution in [0.4, 0.5) is 0 Å². The highest BCUT2D eigenvalue weighted by Gasteiger charge is 2.32. The molecule has 17 heavy (non-hydrogen) atoms. The van der Waals surface area contributed by atoms with Crippen molar-refractivity contribution in [3.8, 4) is 0 Å². The summed E-state index contributed by atoms with van der Waals surface area (Å²) < 4.78 is 0. The third-order valence-corrected chi connectivity index (χ3v) is 4.50. The van der Waals surface area contributed by atoms with Crippen molar-refractivity contribution in [2.24, 2.45) is 29.2 Å². The Balaban J connectivity index is 2.17. The molecule has 4 atom stereocenters. The Kier molecular flexibility index (Phi) is 4.21. The summed E-state index contributed by atoms with van der Waals surface area (Å²) in [6.45, 7) is 0. The number of allylic oxidation sites excluding steroid dienone is 2. The van der Waals surface area contributed by atoms with Gasteiger partial charge >= 0.3 is 0 Å². The molecule has 0 aromatic rings. The van der Waals surface area contributed by atoms with E-state index < -0.39 is 0 Å². The van der Waals surface area contributed by atoms with Crippen molar-refractivity contribution in [2.45, 2.75) is 51.0 Å². The van der Waals surface area contributed by atoms with Gasteiger partial charge in [-0.05, 0) is 43.9 Å². The van der Waals surface area contributed by atoms with Gasteiger partial charge in [-0.1, -0.05) is 25.0 Å². The molecule has 2 aliphatic rings. The van der Waals surface area contributed by atoms with Gasteiger partial charge < -0.3 is 11.5 Å². The van der Waals surface area contributed by atoms with Crippen molar-refractivity contribution in [3.05, 3.63) is 12.2 Å². The quantitative estimate of drug-likeness (QED) is 0.683. The van der Waals surface area contributed by atoms with Crippen LogP contribution in [-0.4, -0.2) is 11.9 Å². The highest BCUT2D eigenvalue weighted by molar-refractivity contribution is 5.77. The second-order valence-corrected chi connectivity index (χ2v) is 5.66. The van der Waals surface area contributed by atoms with Crippen molar-refractivity contribution < 1.29 is 4.79 Å². The molecule has 1 amide bonds. The summed E-state index contributed by atoms with van der Waals surface area (Å²) in [6, 6.07) is 0.300. The minimum atomic E-state index is -0.130. The molecule has 0 aromatic heterocycles. The summed E-state index contributed by atoms with van der Waals surface area (Å²) in [5, 5.41) is 0. The smallest absolute Gasteiger partial charge is 0.221 e. The number of amides is 1. The van der Waals surface area contributed by atoms with Crippen LogP contribution >= 0.6 is 0 Å². The molecule has 2 rings (SSSR count). The molecule has 3 heteroatoms. The number of hydrogen-bond donors (Lipinski definition) is 2. The van der Waals surface area contributed by atoms with Crippen molar-refractivity contribution in [3.63, 3.8) is 0 Å². The molecule has 3 nitrogen and oxygen atoms in total. The van der Waals surface area contributed by atoms with Crippen LogP contribution in [0.5, 0.6) is 0 Å². The fraction of sp³-hybridized carbons (Fsp3) is 0.786. The second-order valence-electron chi connectivity index (χ2n) is 5.66. The van der Waals surface area contributed by atoms with Gasteiger partial charge in [-0.15, -0.1) is 0 Å². The van der Waals surface area contributed by atoms with Gasteiger partial charge in [0.15, 0.2) is 0 Å². The van der Waals surface area contributed by atoms with Gasteiger partial charge in [-0.25, -0.2) is 0 Å². The van der Waals surface area contributed by atoms with E-state index in [9.17, 15) is 4.79 Å². The lowest BCUT2D eigenvalue weighted by molar-refractivity contribution is -0.123. The van der Waals surface area contributed by atoms with Gasteiger partial charge in [0.05, 0.1) is 0 Å². The lowest BCUT2D eigenvalue weighted by Crippen LogP contribution is -2.38. The molecule has 0 aliphatic heterocycles. The monoisotopic (exact) mass is 236 g/mol. The Bertz CT molecular complexity index is 301. The molecule has 2 bridgehead atoms. The Labute approximate surface area is 104 Å². The van der Waals surface area contributed by atoms with E-state index in [-0.39, 0.29) is 11.8 Å². The van der Waals surface area contributed by atoms with E-state index in [1.807, 2.05) is 0 Å². The van der Waals surface area contributed by atoms with Gasteiger partial charge in [0.1, 0.15) is 0 Å². The average molecular weight is 236 g/mol. The van der Waals surface area contributed by atoms with Gasteiger partial charge in [-0.3, -0.25) is 4.79 Å². The van der Waals surface area contributed by atoms with Crippen LogP contribution in [0.3, 0.4) is 0 Å².